The van der Waals surface area contributed by atoms with Crippen molar-refractivity contribution in [3.63, 3.8) is 0 Å². The minimum Gasteiger partial charge on any atom is -0.394 e. The molecule has 8 nitrogen and oxygen atoms in total. The molecule has 0 saturated carbocycles. The maximum absolute atomic E-state index is 12.5. The Labute approximate surface area is 250 Å². The lowest BCUT2D eigenvalue weighted by Crippen LogP contribution is -2.59. The fourth-order valence-electron chi connectivity index (χ4n) is 5.57. The Kier molecular flexibility index (Phi) is 19.5. The molecule has 1 aliphatic heterocycles. The molecule has 0 spiro atoms. The van der Waals surface area contributed by atoms with E-state index in [0.29, 0.717) is 12.3 Å². The van der Waals surface area contributed by atoms with E-state index in [9.17, 15) is 29.9 Å². The molecule has 1 aliphatic rings. The van der Waals surface area contributed by atoms with E-state index in [0.717, 1.165) is 37.0 Å². The van der Waals surface area contributed by atoms with E-state index in [4.69, 9.17) is 9.26 Å². The Balaban J connectivity index is 2.19. The monoisotopic (exact) mass is 606 g/mol. The summed E-state index contributed by atoms with van der Waals surface area (Å²) >= 11 is 0. The van der Waals surface area contributed by atoms with Gasteiger partial charge in [-0.3, -0.25) is 4.57 Å². The van der Waals surface area contributed by atoms with Crippen LogP contribution in [0.15, 0.2) is 11.6 Å². The number of allylic oxidation sites excluding steroid dienone is 2. The van der Waals surface area contributed by atoms with Gasteiger partial charge in [-0.15, -0.1) is 0 Å². The van der Waals surface area contributed by atoms with Gasteiger partial charge in [0, 0.05) is 0 Å². The fraction of sp³-hybridized carbons (Fsp3) is 0.938. The van der Waals surface area contributed by atoms with Crippen molar-refractivity contribution in [1.82, 2.24) is 0 Å². The third-order valence-electron chi connectivity index (χ3n) is 8.60. The lowest BCUT2D eigenvalue weighted by Gasteiger charge is -2.40. The molecule has 0 aromatic carbocycles. The lowest BCUT2D eigenvalue weighted by molar-refractivity contribution is -0.223. The molecule has 0 aromatic rings. The fourth-order valence-corrected chi connectivity index (χ4v) is 6.83. The highest BCUT2D eigenvalue weighted by Crippen LogP contribution is 2.45. The summed E-state index contributed by atoms with van der Waals surface area (Å²) in [6, 6.07) is 0. The summed E-state index contributed by atoms with van der Waals surface area (Å²) in [5.74, 6) is 2.78. The molecule has 5 N–H and O–H groups in total. The first-order valence-electron chi connectivity index (χ1n) is 16.2. The number of hydrogen-bond donors (Lipinski definition) is 5. The highest BCUT2D eigenvalue weighted by Gasteiger charge is 2.45. The van der Waals surface area contributed by atoms with E-state index in [1.165, 1.54) is 56.9 Å². The number of hydrogen-bond acceptors (Lipinski definition) is 7. The molecule has 1 saturated heterocycles. The molecule has 0 amide bonds. The van der Waals surface area contributed by atoms with Gasteiger partial charge < -0.3 is 34.6 Å². The summed E-state index contributed by atoms with van der Waals surface area (Å²) in [5, 5.41) is 39.1. The number of aliphatic hydroxyl groups is 4. The summed E-state index contributed by atoms with van der Waals surface area (Å²) in [6.45, 7) is 13.2. The Hall–Kier alpha value is -0.310. The van der Waals surface area contributed by atoms with Crippen molar-refractivity contribution in [2.45, 2.75) is 149 Å². The van der Waals surface area contributed by atoms with Crippen LogP contribution in [0.1, 0.15) is 119 Å². The molecule has 41 heavy (non-hydrogen) atoms. The highest BCUT2D eigenvalue weighted by molar-refractivity contribution is 7.52. The Bertz CT molecular complexity index is 758. The second-order valence-electron chi connectivity index (χ2n) is 13.4. The van der Waals surface area contributed by atoms with Crippen molar-refractivity contribution in [1.29, 1.82) is 0 Å². The molecule has 0 aliphatic carbocycles. The zero-order valence-corrected chi connectivity index (χ0v) is 27.7. The molecule has 0 radical (unpaired) electrons. The van der Waals surface area contributed by atoms with Gasteiger partial charge >= 0.3 is 7.60 Å². The molecule has 1 fully saturated rings. The van der Waals surface area contributed by atoms with E-state index in [-0.39, 0.29) is 6.61 Å². The van der Waals surface area contributed by atoms with Gasteiger partial charge in [0.25, 0.3) is 0 Å². The Morgan fingerprint density at radius 3 is 1.93 bits per heavy atom. The molecule has 1 rings (SSSR count). The molecular weight excluding hydrogens is 543 g/mol. The van der Waals surface area contributed by atoms with Crippen LogP contribution in [0.25, 0.3) is 0 Å². The van der Waals surface area contributed by atoms with E-state index < -0.39 is 50.9 Å². The van der Waals surface area contributed by atoms with Gasteiger partial charge in [-0.05, 0) is 62.7 Å². The number of ether oxygens (including phenoxy) is 1. The van der Waals surface area contributed by atoms with Crippen molar-refractivity contribution in [2.24, 2.45) is 23.7 Å². The van der Waals surface area contributed by atoms with Crippen LogP contribution in [0.3, 0.4) is 0 Å². The first-order valence-corrected chi connectivity index (χ1v) is 17.9. The van der Waals surface area contributed by atoms with Crippen LogP contribution >= 0.6 is 7.60 Å². The van der Waals surface area contributed by atoms with Crippen molar-refractivity contribution < 1.29 is 39.1 Å². The standard InChI is InChI=1S/C32H63O8P/c1-23(2)11-7-12-24(3)13-8-14-25(4)15-9-16-26(5)17-10-18-27(6)19-20-39-41(37,38)22-29-31(35)32(36)30(34)28(21-33)40-29/h17,23-25,27-36H,7-16,18-22H2,1-6H3,(H,37,38)/b26-17+/t24?,25?,27-,28+,29-,30+,31+,32-/m0/s1. The average molecular weight is 607 g/mol. The quantitative estimate of drug-likeness (QED) is 0.0724. The predicted molar refractivity (Wildman–Crippen MR) is 166 cm³/mol. The van der Waals surface area contributed by atoms with Gasteiger partial charge in [-0.1, -0.05) is 91.2 Å². The maximum Gasteiger partial charge on any atom is 0.330 e. The topological polar surface area (TPSA) is 137 Å². The summed E-state index contributed by atoms with van der Waals surface area (Å²) in [6.07, 6.45) is 9.18. The van der Waals surface area contributed by atoms with Gasteiger partial charge in [-0.25, -0.2) is 0 Å². The van der Waals surface area contributed by atoms with Crippen LogP contribution in [-0.4, -0.2) is 75.2 Å². The van der Waals surface area contributed by atoms with Crippen molar-refractivity contribution in [3.8, 4) is 0 Å². The van der Waals surface area contributed by atoms with E-state index in [2.05, 4.69) is 47.6 Å². The zero-order valence-electron chi connectivity index (χ0n) is 26.8. The minimum absolute atomic E-state index is 0.101. The second kappa shape index (κ2) is 20.6. The smallest absolute Gasteiger partial charge is 0.330 e. The second-order valence-corrected chi connectivity index (χ2v) is 15.3. The van der Waals surface area contributed by atoms with E-state index >= 15 is 0 Å². The molecule has 1 heterocycles. The lowest BCUT2D eigenvalue weighted by atomic mass is 9.91. The summed E-state index contributed by atoms with van der Waals surface area (Å²) in [4.78, 5) is 10.2. The molecule has 0 bridgehead atoms. The van der Waals surface area contributed by atoms with Gasteiger partial charge in [0.1, 0.15) is 24.4 Å². The van der Waals surface area contributed by atoms with Crippen molar-refractivity contribution in [3.05, 3.63) is 11.6 Å². The van der Waals surface area contributed by atoms with Crippen LogP contribution in [-0.2, 0) is 13.8 Å². The zero-order chi connectivity index (χ0) is 31.0. The van der Waals surface area contributed by atoms with Gasteiger partial charge in [-0.2, -0.15) is 0 Å². The van der Waals surface area contributed by atoms with Crippen LogP contribution in [0.2, 0.25) is 0 Å². The van der Waals surface area contributed by atoms with Crippen LogP contribution < -0.4 is 0 Å². The molecular formula is C32H63O8P. The third-order valence-corrected chi connectivity index (χ3v) is 10.0. The Morgan fingerprint density at radius 1 is 0.805 bits per heavy atom. The third kappa shape index (κ3) is 16.9. The highest BCUT2D eigenvalue weighted by atomic mass is 31.2. The number of rotatable bonds is 22. The largest absolute Gasteiger partial charge is 0.394 e. The summed E-state index contributed by atoms with van der Waals surface area (Å²) in [7, 11) is -4.09. The van der Waals surface area contributed by atoms with Crippen LogP contribution in [0.5, 0.6) is 0 Å². The number of aliphatic hydroxyl groups excluding tert-OH is 4. The van der Waals surface area contributed by atoms with E-state index in [1.807, 2.05) is 0 Å². The molecule has 3 unspecified atom stereocenters. The van der Waals surface area contributed by atoms with E-state index in [1.54, 1.807) is 0 Å². The molecule has 244 valence electrons. The summed E-state index contributed by atoms with van der Waals surface area (Å²) in [5.41, 5.74) is 1.43. The predicted octanol–water partition coefficient (Wildman–Crippen LogP) is 6.22. The maximum atomic E-state index is 12.5. The SMILES string of the molecule is C/C(=C\CC[C@H](C)CCOP(=O)(O)C[C@@H]1O[C@H](CO)[C@@H](O)[C@H](O)[C@@H]1O)CCCC(C)CCCC(C)CCCC(C)C. The van der Waals surface area contributed by atoms with Gasteiger partial charge in [0.2, 0.25) is 0 Å². The Morgan fingerprint density at radius 2 is 1.34 bits per heavy atom. The molecule has 9 atom stereocenters. The van der Waals surface area contributed by atoms with Crippen molar-refractivity contribution in [2.75, 3.05) is 19.4 Å². The first kappa shape index (κ1) is 38.7. The molecule has 9 heteroatoms. The van der Waals surface area contributed by atoms with Gasteiger partial charge in [0.15, 0.2) is 0 Å². The van der Waals surface area contributed by atoms with Crippen molar-refractivity contribution >= 4 is 7.60 Å². The normalized spacial score (nSPS) is 27.5. The van der Waals surface area contributed by atoms with Crippen LogP contribution in [0.4, 0.5) is 0 Å². The summed E-state index contributed by atoms with van der Waals surface area (Å²) < 4.78 is 23.1. The minimum atomic E-state index is -4.09. The van der Waals surface area contributed by atoms with Gasteiger partial charge in [0.05, 0.1) is 25.5 Å². The van der Waals surface area contributed by atoms with Crippen LogP contribution in [0, 0.1) is 23.7 Å². The first-order chi connectivity index (χ1) is 19.3. The molecule has 0 aromatic heterocycles. The average Bonchev–Trinajstić information content (AvgIpc) is 2.88.